The number of aromatic hydroxyl groups is 1. The van der Waals surface area contributed by atoms with Crippen molar-refractivity contribution in [3.05, 3.63) is 29.3 Å². The van der Waals surface area contributed by atoms with Gasteiger partial charge in [0.15, 0.2) is 11.5 Å². The van der Waals surface area contributed by atoms with Crippen molar-refractivity contribution in [2.24, 2.45) is 0 Å². The maximum Gasteiger partial charge on any atom is 0.334 e. The number of benzene rings is 1. The Morgan fingerprint density at radius 3 is 2.48 bits per heavy atom. The van der Waals surface area contributed by atoms with Gasteiger partial charge in [0.1, 0.15) is 30.5 Å². The molecule has 0 saturated carbocycles. The van der Waals surface area contributed by atoms with Crippen LogP contribution < -0.4 is 4.74 Å². The molecule has 1 heterocycles. The molecule has 1 unspecified atom stereocenters. The van der Waals surface area contributed by atoms with Crippen LogP contribution in [0.3, 0.4) is 0 Å². The predicted molar refractivity (Wildman–Crippen MR) is 84.0 cm³/mol. The Hall–Kier alpha value is -2.17. The summed E-state index contributed by atoms with van der Waals surface area (Å²) < 4.78 is 10.2. The fraction of sp³-hybridized carbons (Fsp3) is 0.438. The number of phenols is 1. The van der Waals surface area contributed by atoms with Gasteiger partial charge in [-0.1, -0.05) is 6.07 Å². The SMILES string of the molecule is COc1cc(C=C(C(=O)O)C2O[C@H](CO)[C@@H](O)[C@H](O)[C@H]2O)ccc1O. The number of aliphatic hydroxyl groups is 4. The lowest BCUT2D eigenvalue weighted by Gasteiger charge is -2.40. The fourth-order valence-corrected chi connectivity index (χ4v) is 2.59. The van der Waals surface area contributed by atoms with E-state index in [1.165, 1.54) is 31.4 Å². The second-order valence-electron chi connectivity index (χ2n) is 5.59. The molecule has 6 N–H and O–H groups in total. The highest BCUT2D eigenvalue weighted by molar-refractivity contribution is 5.93. The van der Waals surface area contributed by atoms with Crippen LogP contribution in [0.1, 0.15) is 5.56 Å². The van der Waals surface area contributed by atoms with Gasteiger partial charge in [0.25, 0.3) is 0 Å². The van der Waals surface area contributed by atoms with Crippen molar-refractivity contribution in [3.63, 3.8) is 0 Å². The molecule has 9 heteroatoms. The van der Waals surface area contributed by atoms with Crippen LogP contribution in [0.25, 0.3) is 6.08 Å². The summed E-state index contributed by atoms with van der Waals surface area (Å²) in [6, 6.07) is 4.10. The highest BCUT2D eigenvalue weighted by Crippen LogP contribution is 2.30. The number of methoxy groups -OCH3 is 1. The molecule has 2 rings (SSSR count). The molecule has 1 aliphatic heterocycles. The van der Waals surface area contributed by atoms with Crippen LogP contribution in [0.5, 0.6) is 11.5 Å². The van der Waals surface area contributed by atoms with Gasteiger partial charge >= 0.3 is 5.97 Å². The number of hydrogen-bond acceptors (Lipinski definition) is 8. The molecular formula is C16H20O9. The van der Waals surface area contributed by atoms with Gasteiger partial charge in [0.05, 0.1) is 19.3 Å². The van der Waals surface area contributed by atoms with Gasteiger partial charge in [0, 0.05) is 0 Å². The Balaban J connectivity index is 2.41. The van der Waals surface area contributed by atoms with Crippen molar-refractivity contribution < 1.29 is 44.9 Å². The fourth-order valence-electron chi connectivity index (χ4n) is 2.59. The van der Waals surface area contributed by atoms with Crippen molar-refractivity contribution in [1.82, 2.24) is 0 Å². The van der Waals surface area contributed by atoms with Gasteiger partial charge in [-0.25, -0.2) is 4.79 Å². The monoisotopic (exact) mass is 356 g/mol. The van der Waals surface area contributed by atoms with Crippen molar-refractivity contribution in [2.75, 3.05) is 13.7 Å². The maximum atomic E-state index is 11.6. The molecule has 0 radical (unpaired) electrons. The highest BCUT2D eigenvalue weighted by Gasteiger charge is 2.46. The van der Waals surface area contributed by atoms with Crippen LogP contribution in [0.4, 0.5) is 0 Å². The Labute approximate surface area is 143 Å². The van der Waals surface area contributed by atoms with E-state index < -0.39 is 48.7 Å². The number of hydrogen-bond donors (Lipinski definition) is 6. The third kappa shape index (κ3) is 3.91. The van der Waals surface area contributed by atoms with Crippen molar-refractivity contribution in [2.45, 2.75) is 30.5 Å². The van der Waals surface area contributed by atoms with E-state index in [1.807, 2.05) is 0 Å². The smallest absolute Gasteiger partial charge is 0.334 e. The van der Waals surface area contributed by atoms with E-state index in [-0.39, 0.29) is 11.5 Å². The molecule has 1 aromatic rings. The third-order valence-corrected chi connectivity index (χ3v) is 3.97. The van der Waals surface area contributed by atoms with E-state index in [0.717, 1.165) is 0 Å². The minimum Gasteiger partial charge on any atom is -0.504 e. The summed E-state index contributed by atoms with van der Waals surface area (Å²) in [5.41, 5.74) is -0.0614. The van der Waals surface area contributed by atoms with Crippen LogP contribution >= 0.6 is 0 Å². The Kier molecular flexibility index (Phi) is 5.98. The molecule has 1 saturated heterocycles. The number of carbonyl (C=O) groups is 1. The molecular weight excluding hydrogens is 336 g/mol. The maximum absolute atomic E-state index is 11.6. The molecule has 25 heavy (non-hydrogen) atoms. The molecule has 5 atom stereocenters. The Morgan fingerprint density at radius 1 is 1.24 bits per heavy atom. The molecule has 0 bridgehead atoms. The third-order valence-electron chi connectivity index (χ3n) is 3.97. The first kappa shape index (κ1) is 19.2. The standard InChI is InChI=1S/C16H20O9/c1-24-10-5-7(2-3-9(10)18)4-8(16(22)23)15-14(21)13(20)12(19)11(6-17)25-15/h2-5,11-15,17-21H,6H2,1H3,(H,22,23)/t11-,12-,13+,14-,15?/m1/s1. The molecule has 1 aromatic carbocycles. The topological polar surface area (TPSA) is 157 Å². The second kappa shape index (κ2) is 7.81. The van der Waals surface area contributed by atoms with Crippen molar-refractivity contribution >= 4 is 12.0 Å². The first-order valence-electron chi connectivity index (χ1n) is 7.42. The molecule has 1 aliphatic rings. The zero-order valence-corrected chi connectivity index (χ0v) is 13.3. The minimum atomic E-state index is -1.71. The number of phenolic OH excluding ortho intramolecular Hbond substituents is 1. The summed E-state index contributed by atoms with van der Waals surface area (Å²) in [5.74, 6) is -1.44. The van der Waals surface area contributed by atoms with Crippen LogP contribution in [-0.4, -0.2) is 80.8 Å². The quantitative estimate of drug-likeness (QED) is 0.353. The van der Waals surface area contributed by atoms with Gasteiger partial charge in [-0.3, -0.25) is 0 Å². The average molecular weight is 356 g/mol. The number of carboxylic acid groups (broad SMARTS) is 1. The van der Waals surface area contributed by atoms with E-state index >= 15 is 0 Å². The number of carboxylic acids is 1. The molecule has 0 aromatic heterocycles. The number of aliphatic carboxylic acids is 1. The lowest BCUT2D eigenvalue weighted by molar-refractivity contribution is -0.220. The van der Waals surface area contributed by atoms with Gasteiger partial charge < -0.3 is 40.1 Å². The lowest BCUT2D eigenvalue weighted by atomic mass is 9.90. The van der Waals surface area contributed by atoms with Gasteiger partial charge in [-0.15, -0.1) is 0 Å². The van der Waals surface area contributed by atoms with Crippen molar-refractivity contribution in [3.8, 4) is 11.5 Å². The summed E-state index contributed by atoms with van der Waals surface area (Å²) in [4.78, 5) is 11.6. The molecule has 0 amide bonds. The van der Waals surface area contributed by atoms with Crippen LogP contribution in [0.2, 0.25) is 0 Å². The van der Waals surface area contributed by atoms with E-state index in [0.29, 0.717) is 5.56 Å². The summed E-state index contributed by atoms with van der Waals surface area (Å²) in [5, 5.41) is 57.9. The van der Waals surface area contributed by atoms with Crippen LogP contribution in [0, 0.1) is 0 Å². The van der Waals surface area contributed by atoms with Gasteiger partial charge in [-0.05, 0) is 23.8 Å². The van der Waals surface area contributed by atoms with E-state index in [4.69, 9.17) is 9.47 Å². The summed E-state index contributed by atoms with van der Waals surface area (Å²) in [6.45, 7) is -0.665. The number of rotatable bonds is 5. The van der Waals surface area contributed by atoms with E-state index in [2.05, 4.69) is 0 Å². The molecule has 1 fully saturated rings. The number of ether oxygens (including phenoxy) is 2. The molecule has 9 nitrogen and oxygen atoms in total. The first-order chi connectivity index (χ1) is 11.8. The van der Waals surface area contributed by atoms with Crippen molar-refractivity contribution in [1.29, 1.82) is 0 Å². The van der Waals surface area contributed by atoms with E-state index in [1.54, 1.807) is 0 Å². The lowest BCUT2D eigenvalue weighted by Crippen LogP contribution is -2.59. The van der Waals surface area contributed by atoms with Crippen LogP contribution in [-0.2, 0) is 9.53 Å². The summed E-state index contributed by atoms with van der Waals surface area (Å²) in [7, 11) is 1.33. The zero-order valence-electron chi connectivity index (χ0n) is 13.3. The van der Waals surface area contributed by atoms with Gasteiger partial charge in [0.2, 0.25) is 0 Å². The largest absolute Gasteiger partial charge is 0.504 e. The molecule has 138 valence electrons. The van der Waals surface area contributed by atoms with Crippen LogP contribution in [0.15, 0.2) is 23.8 Å². The Morgan fingerprint density at radius 2 is 1.92 bits per heavy atom. The zero-order chi connectivity index (χ0) is 18.7. The molecule has 0 spiro atoms. The first-order valence-corrected chi connectivity index (χ1v) is 7.42. The number of aliphatic hydroxyl groups excluding tert-OH is 4. The predicted octanol–water partition coefficient (Wildman–Crippen LogP) is -1.29. The van der Waals surface area contributed by atoms with Gasteiger partial charge in [-0.2, -0.15) is 0 Å². The summed E-state index contributed by atoms with van der Waals surface area (Å²) >= 11 is 0. The highest BCUT2D eigenvalue weighted by atomic mass is 16.5. The Bertz CT molecular complexity index is 655. The summed E-state index contributed by atoms with van der Waals surface area (Å²) in [6.07, 6.45) is -6.50. The average Bonchev–Trinajstić information content (AvgIpc) is 2.59. The van der Waals surface area contributed by atoms with E-state index in [9.17, 15) is 35.4 Å². The normalized spacial score (nSPS) is 30.1. The molecule has 0 aliphatic carbocycles. The minimum absolute atomic E-state index is 0.118. The second-order valence-corrected chi connectivity index (χ2v) is 5.59.